The fourth-order valence-electron chi connectivity index (χ4n) is 1.29. The number of phenols is 1. The molecule has 1 aromatic carbocycles. The Morgan fingerprint density at radius 3 is 2.88 bits per heavy atom. The van der Waals surface area contributed by atoms with Gasteiger partial charge in [0.05, 0.1) is 10.7 Å². The first kappa shape index (κ1) is 11.5. The van der Waals surface area contributed by atoms with Crippen LogP contribution in [0.4, 0.5) is 5.69 Å². The number of anilines is 1. The lowest BCUT2D eigenvalue weighted by molar-refractivity contribution is 0.0996. The maximum absolute atomic E-state index is 11.7. The van der Waals surface area contributed by atoms with Crippen molar-refractivity contribution in [1.29, 1.82) is 0 Å². The van der Waals surface area contributed by atoms with E-state index in [-0.39, 0.29) is 16.5 Å². The van der Waals surface area contributed by atoms with Crippen molar-refractivity contribution in [2.75, 3.05) is 5.32 Å². The van der Waals surface area contributed by atoms with Gasteiger partial charge in [-0.05, 0) is 25.1 Å². The van der Waals surface area contributed by atoms with E-state index in [1.54, 1.807) is 6.92 Å². The van der Waals surface area contributed by atoms with Gasteiger partial charge in [0.15, 0.2) is 6.39 Å². The van der Waals surface area contributed by atoms with Gasteiger partial charge in [-0.1, -0.05) is 11.6 Å². The zero-order valence-corrected chi connectivity index (χ0v) is 9.65. The first-order valence-corrected chi connectivity index (χ1v) is 5.15. The van der Waals surface area contributed by atoms with Gasteiger partial charge in [0, 0.05) is 5.69 Å². The normalized spacial score (nSPS) is 10.2. The molecule has 0 saturated heterocycles. The van der Waals surface area contributed by atoms with Gasteiger partial charge in [0.1, 0.15) is 5.75 Å². The second kappa shape index (κ2) is 4.47. The lowest BCUT2D eigenvalue weighted by atomic mass is 10.3. The predicted molar refractivity (Wildman–Crippen MR) is 62.3 cm³/mol. The van der Waals surface area contributed by atoms with Gasteiger partial charge < -0.3 is 14.8 Å². The van der Waals surface area contributed by atoms with Gasteiger partial charge in [0.25, 0.3) is 5.91 Å². The molecular formula is C11H9ClN2O3. The Morgan fingerprint density at radius 1 is 1.53 bits per heavy atom. The number of oxazole rings is 1. The molecule has 2 aromatic rings. The van der Waals surface area contributed by atoms with E-state index in [9.17, 15) is 9.90 Å². The fourth-order valence-corrected chi connectivity index (χ4v) is 1.47. The van der Waals surface area contributed by atoms with E-state index in [2.05, 4.69) is 10.3 Å². The molecule has 0 bridgehead atoms. The summed E-state index contributed by atoms with van der Waals surface area (Å²) in [6, 6.07) is 4.37. The summed E-state index contributed by atoms with van der Waals surface area (Å²) in [5.74, 6) is -0.309. The van der Waals surface area contributed by atoms with Crippen molar-refractivity contribution < 1.29 is 14.3 Å². The largest absolute Gasteiger partial charge is 0.506 e. The fraction of sp³-hybridized carbons (Fsp3) is 0.0909. The first-order valence-electron chi connectivity index (χ1n) is 4.78. The van der Waals surface area contributed by atoms with Crippen molar-refractivity contribution in [3.8, 4) is 5.75 Å². The minimum atomic E-state index is -0.415. The SMILES string of the molecule is Cc1ncoc1C(=O)Nc1ccc(O)c(Cl)c1. The van der Waals surface area contributed by atoms with Crippen LogP contribution in [0.2, 0.25) is 5.02 Å². The number of aromatic hydroxyl groups is 1. The van der Waals surface area contributed by atoms with E-state index in [4.69, 9.17) is 16.0 Å². The second-order valence-corrected chi connectivity index (χ2v) is 3.79. The van der Waals surface area contributed by atoms with Crippen LogP contribution in [0.5, 0.6) is 5.75 Å². The van der Waals surface area contributed by atoms with E-state index >= 15 is 0 Å². The average Bonchev–Trinajstić information content (AvgIpc) is 2.70. The summed E-state index contributed by atoms with van der Waals surface area (Å²) in [4.78, 5) is 15.6. The first-order chi connectivity index (χ1) is 8.08. The molecule has 0 atom stereocenters. The minimum Gasteiger partial charge on any atom is -0.506 e. The predicted octanol–water partition coefficient (Wildman–Crippen LogP) is 2.59. The van der Waals surface area contributed by atoms with Crippen LogP contribution in [0, 0.1) is 6.92 Å². The number of benzene rings is 1. The summed E-state index contributed by atoms with van der Waals surface area (Å²) in [5, 5.41) is 12.0. The number of nitrogens with zero attached hydrogens (tertiary/aromatic N) is 1. The highest BCUT2D eigenvalue weighted by Crippen LogP contribution is 2.26. The molecule has 0 saturated carbocycles. The van der Waals surface area contributed by atoms with Crippen LogP contribution in [0.1, 0.15) is 16.2 Å². The van der Waals surface area contributed by atoms with Gasteiger partial charge in [0.2, 0.25) is 5.76 Å². The molecule has 1 aromatic heterocycles. The number of halogens is 1. The molecule has 6 heteroatoms. The summed E-state index contributed by atoms with van der Waals surface area (Å²) < 4.78 is 4.95. The Kier molecular flexibility index (Phi) is 3.01. The number of hydrogen-bond donors (Lipinski definition) is 2. The Labute approximate surface area is 102 Å². The number of amides is 1. The van der Waals surface area contributed by atoms with Crippen LogP contribution in [0.3, 0.4) is 0 Å². The van der Waals surface area contributed by atoms with E-state index < -0.39 is 5.91 Å². The van der Waals surface area contributed by atoms with Crippen molar-refractivity contribution in [3.05, 3.63) is 41.1 Å². The molecule has 5 nitrogen and oxygen atoms in total. The molecule has 0 aliphatic carbocycles. The molecule has 0 radical (unpaired) electrons. The third-order valence-corrected chi connectivity index (χ3v) is 2.46. The van der Waals surface area contributed by atoms with Crippen molar-refractivity contribution in [2.45, 2.75) is 6.92 Å². The Balaban J connectivity index is 2.19. The van der Waals surface area contributed by atoms with E-state index in [0.717, 1.165) is 0 Å². The van der Waals surface area contributed by atoms with E-state index in [1.807, 2.05) is 0 Å². The van der Waals surface area contributed by atoms with Gasteiger partial charge in [-0.2, -0.15) is 0 Å². The number of hydrogen-bond acceptors (Lipinski definition) is 4. The quantitative estimate of drug-likeness (QED) is 0.806. The highest BCUT2D eigenvalue weighted by molar-refractivity contribution is 6.32. The summed E-state index contributed by atoms with van der Waals surface area (Å²) in [7, 11) is 0. The number of phenolic OH excluding ortho intramolecular Hbond substituents is 1. The molecule has 0 spiro atoms. The highest BCUT2D eigenvalue weighted by Gasteiger charge is 2.14. The van der Waals surface area contributed by atoms with Crippen molar-refractivity contribution in [3.63, 3.8) is 0 Å². The van der Waals surface area contributed by atoms with Gasteiger partial charge >= 0.3 is 0 Å². The summed E-state index contributed by atoms with van der Waals surface area (Å²) >= 11 is 5.72. The lowest BCUT2D eigenvalue weighted by Crippen LogP contribution is -2.12. The zero-order chi connectivity index (χ0) is 12.4. The number of carbonyl (C=O) groups excluding carboxylic acids is 1. The highest BCUT2D eigenvalue weighted by atomic mass is 35.5. The smallest absolute Gasteiger partial charge is 0.293 e. The molecule has 0 fully saturated rings. The van der Waals surface area contributed by atoms with Gasteiger partial charge in [-0.3, -0.25) is 4.79 Å². The van der Waals surface area contributed by atoms with Crippen molar-refractivity contribution in [2.24, 2.45) is 0 Å². The number of aromatic nitrogens is 1. The molecule has 2 N–H and O–H groups in total. The molecule has 0 aliphatic heterocycles. The molecule has 17 heavy (non-hydrogen) atoms. The van der Waals surface area contributed by atoms with Crippen molar-refractivity contribution >= 4 is 23.2 Å². The van der Waals surface area contributed by atoms with Crippen molar-refractivity contribution in [1.82, 2.24) is 4.98 Å². The summed E-state index contributed by atoms with van der Waals surface area (Å²) in [5.41, 5.74) is 0.973. The third kappa shape index (κ3) is 2.39. The van der Waals surface area contributed by atoms with E-state index in [0.29, 0.717) is 11.4 Å². The van der Waals surface area contributed by atoms with E-state index in [1.165, 1.54) is 24.6 Å². The number of carbonyl (C=O) groups is 1. The maximum Gasteiger partial charge on any atom is 0.293 e. The van der Waals surface area contributed by atoms with Crippen LogP contribution in [0.25, 0.3) is 0 Å². The van der Waals surface area contributed by atoms with Gasteiger partial charge in [-0.15, -0.1) is 0 Å². The maximum atomic E-state index is 11.7. The van der Waals surface area contributed by atoms with Gasteiger partial charge in [-0.25, -0.2) is 4.98 Å². The molecular weight excluding hydrogens is 244 g/mol. The summed E-state index contributed by atoms with van der Waals surface area (Å²) in [6.07, 6.45) is 1.20. The van der Waals surface area contributed by atoms with Crippen LogP contribution >= 0.6 is 11.6 Å². The Morgan fingerprint density at radius 2 is 2.29 bits per heavy atom. The van der Waals surface area contributed by atoms with Crippen LogP contribution in [-0.2, 0) is 0 Å². The van der Waals surface area contributed by atoms with Crippen LogP contribution in [0.15, 0.2) is 29.0 Å². The molecule has 1 heterocycles. The van der Waals surface area contributed by atoms with Crippen LogP contribution in [-0.4, -0.2) is 16.0 Å². The zero-order valence-electron chi connectivity index (χ0n) is 8.90. The third-order valence-electron chi connectivity index (χ3n) is 2.16. The summed E-state index contributed by atoms with van der Waals surface area (Å²) in [6.45, 7) is 1.67. The molecule has 1 amide bonds. The Hall–Kier alpha value is -2.01. The lowest BCUT2D eigenvalue weighted by Gasteiger charge is -2.04. The monoisotopic (exact) mass is 252 g/mol. The standard InChI is InChI=1S/C11H9ClN2O3/c1-6-10(17-5-13-6)11(16)14-7-2-3-9(15)8(12)4-7/h2-5,15H,1H3,(H,14,16). The van der Waals surface area contributed by atoms with Crippen LogP contribution < -0.4 is 5.32 Å². The molecule has 0 aliphatic rings. The minimum absolute atomic E-state index is 0.0412. The number of aryl methyl sites for hydroxylation is 1. The second-order valence-electron chi connectivity index (χ2n) is 3.39. The Bertz CT molecular complexity index is 566. The average molecular weight is 253 g/mol. The number of rotatable bonds is 2. The molecule has 0 unspecified atom stereocenters. The molecule has 88 valence electrons. The molecule has 2 rings (SSSR count). The number of nitrogens with one attached hydrogen (secondary N) is 1. The topological polar surface area (TPSA) is 75.4 Å².